The van der Waals surface area contributed by atoms with Crippen molar-refractivity contribution < 1.29 is 14.8 Å². The first-order valence-corrected chi connectivity index (χ1v) is 3.75. The van der Waals surface area contributed by atoms with Crippen LogP contribution in [-0.4, -0.2) is 16.0 Å². The fraction of sp³-hybridized carbons (Fsp3) is 0.125. The number of nitrogens with zero attached hydrogens (tertiary/aromatic N) is 1. The summed E-state index contributed by atoms with van der Waals surface area (Å²) in [6.07, 6.45) is 0. The maximum Gasteiger partial charge on any atom is 0.325 e. The molecule has 0 spiro atoms. The van der Waals surface area contributed by atoms with Gasteiger partial charge in [-0.1, -0.05) is 12.1 Å². The van der Waals surface area contributed by atoms with Crippen molar-refractivity contribution in [3.05, 3.63) is 39.9 Å². The number of benzene rings is 1. The van der Waals surface area contributed by atoms with E-state index in [4.69, 9.17) is 10.8 Å². The van der Waals surface area contributed by atoms with Crippen molar-refractivity contribution in [1.29, 1.82) is 0 Å². The zero-order valence-corrected chi connectivity index (χ0v) is 7.08. The van der Waals surface area contributed by atoms with E-state index in [0.717, 1.165) is 0 Å². The maximum atomic E-state index is 10.5. The molecule has 14 heavy (non-hydrogen) atoms. The van der Waals surface area contributed by atoms with Crippen molar-refractivity contribution in [2.45, 2.75) is 6.04 Å². The molecule has 0 aromatic heterocycles. The van der Waals surface area contributed by atoms with Gasteiger partial charge in [0.15, 0.2) is 0 Å². The first kappa shape index (κ1) is 10.1. The van der Waals surface area contributed by atoms with E-state index in [0.29, 0.717) is 5.56 Å². The van der Waals surface area contributed by atoms with E-state index in [-0.39, 0.29) is 5.69 Å². The number of hydrogen-bond donors (Lipinski definition) is 2. The molecule has 1 aromatic carbocycles. The van der Waals surface area contributed by atoms with E-state index in [2.05, 4.69) is 0 Å². The Kier molecular flexibility index (Phi) is 2.78. The van der Waals surface area contributed by atoms with Crippen molar-refractivity contribution in [3.63, 3.8) is 0 Å². The third-order valence-corrected chi connectivity index (χ3v) is 1.73. The molecule has 3 N–H and O–H groups in total. The lowest BCUT2D eigenvalue weighted by Gasteiger charge is -2.05. The lowest BCUT2D eigenvalue weighted by Crippen LogP contribution is -2.20. The van der Waals surface area contributed by atoms with E-state index in [1.54, 1.807) is 0 Å². The average Bonchev–Trinajstić information content (AvgIpc) is 2.16. The molecule has 0 saturated carbocycles. The molecule has 1 rings (SSSR count). The molecule has 0 heterocycles. The highest BCUT2D eigenvalue weighted by Crippen LogP contribution is 2.16. The molecule has 74 valence electrons. The van der Waals surface area contributed by atoms with Gasteiger partial charge >= 0.3 is 5.97 Å². The number of aliphatic carboxylic acids is 1. The first-order valence-electron chi connectivity index (χ1n) is 3.75. The van der Waals surface area contributed by atoms with Gasteiger partial charge in [0, 0.05) is 12.1 Å². The number of nitrogens with two attached hydrogens (primary N) is 1. The SMILES string of the molecule is NC(C(=O)O)c1ccc([N+](=O)[O-])cc1. The molecule has 0 bridgehead atoms. The van der Waals surface area contributed by atoms with Crippen LogP contribution in [-0.2, 0) is 4.79 Å². The minimum Gasteiger partial charge on any atom is -0.480 e. The predicted octanol–water partition coefficient (Wildman–Crippen LogP) is 0.679. The van der Waals surface area contributed by atoms with Crippen LogP contribution in [0.1, 0.15) is 11.6 Å². The van der Waals surface area contributed by atoms with Gasteiger partial charge in [0.25, 0.3) is 5.69 Å². The van der Waals surface area contributed by atoms with Crippen molar-refractivity contribution in [1.82, 2.24) is 0 Å². The van der Waals surface area contributed by atoms with Crippen LogP contribution in [0.15, 0.2) is 24.3 Å². The maximum absolute atomic E-state index is 10.5. The molecule has 6 heteroatoms. The minimum absolute atomic E-state index is 0.0914. The molecular formula is C8H8N2O4. The number of carboxylic acid groups (broad SMARTS) is 1. The number of rotatable bonds is 3. The van der Waals surface area contributed by atoms with E-state index in [9.17, 15) is 14.9 Å². The second kappa shape index (κ2) is 3.84. The molecule has 0 aliphatic heterocycles. The van der Waals surface area contributed by atoms with Gasteiger partial charge in [0.2, 0.25) is 0 Å². The number of carbonyl (C=O) groups is 1. The zero-order valence-electron chi connectivity index (χ0n) is 7.08. The zero-order chi connectivity index (χ0) is 10.7. The largest absolute Gasteiger partial charge is 0.480 e. The predicted molar refractivity (Wildman–Crippen MR) is 47.7 cm³/mol. The normalized spacial score (nSPS) is 12.1. The standard InChI is InChI=1S/C8H8N2O4/c9-7(8(11)12)5-1-3-6(4-2-5)10(13)14/h1-4,7H,9H2,(H,11,12). The summed E-state index contributed by atoms with van der Waals surface area (Å²) in [4.78, 5) is 20.2. The lowest BCUT2D eigenvalue weighted by atomic mass is 10.1. The Morgan fingerprint density at radius 3 is 2.29 bits per heavy atom. The topological polar surface area (TPSA) is 106 Å². The highest BCUT2D eigenvalue weighted by Gasteiger charge is 2.15. The highest BCUT2D eigenvalue weighted by molar-refractivity contribution is 5.75. The van der Waals surface area contributed by atoms with Crippen LogP contribution in [0.3, 0.4) is 0 Å². The Hall–Kier alpha value is -1.95. The van der Waals surface area contributed by atoms with Crippen molar-refractivity contribution in [2.75, 3.05) is 0 Å². The Labute approximate surface area is 79.1 Å². The molecule has 0 radical (unpaired) electrons. The van der Waals surface area contributed by atoms with Gasteiger partial charge in [-0.15, -0.1) is 0 Å². The van der Waals surface area contributed by atoms with Gasteiger partial charge in [0.1, 0.15) is 6.04 Å². The summed E-state index contributed by atoms with van der Waals surface area (Å²) >= 11 is 0. The van der Waals surface area contributed by atoms with Crippen LogP contribution in [0.2, 0.25) is 0 Å². The Morgan fingerprint density at radius 2 is 1.93 bits per heavy atom. The van der Waals surface area contributed by atoms with E-state index < -0.39 is 16.9 Å². The Morgan fingerprint density at radius 1 is 1.43 bits per heavy atom. The lowest BCUT2D eigenvalue weighted by molar-refractivity contribution is -0.384. The summed E-state index contributed by atoms with van der Waals surface area (Å²) in [6, 6.07) is 3.96. The summed E-state index contributed by atoms with van der Waals surface area (Å²) in [5, 5.41) is 18.8. The smallest absolute Gasteiger partial charge is 0.325 e. The van der Waals surface area contributed by atoms with Crippen LogP contribution in [0.4, 0.5) is 5.69 Å². The van der Waals surface area contributed by atoms with Crippen LogP contribution < -0.4 is 5.73 Å². The fourth-order valence-corrected chi connectivity index (χ4v) is 0.946. The van der Waals surface area contributed by atoms with Gasteiger partial charge in [-0.25, -0.2) is 0 Å². The summed E-state index contributed by atoms with van der Waals surface area (Å²) in [7, 11) is 0. The molecule has 0 fully saturated rings. The number of nitro benzene ring substituents is 1. The second-order valence-electron chi connectivity index (χ2n) is 2.66. The van der Waals surface area contributed by atoms with Crippen molar-refractivity contribution >= 4 is 11.7 Å². The van der Waals surface area contributed by atoms with Gasteiger partial charge in [-0.2, -0.15) is 0 Å². The van der Waals surface area contributed by atoms with Gasteiger partial charge in [0.05, 0.1) is 4.92 Å². The Balaban J connectivity index is 2.94. The van der Waals surface area contributed by atoms with Gasteiger partial charge in [-0.05, 0) is 5.56 Å². The first-order chi connectivity index (χ1) is 6.52. The van der Waals surface area contributed by atoms with E-state index in [1.165, 1.54) is 24.3 Å². The molecular weight excluding hydrogens is 188 g/mol. The summed E-state index contributed by atoms with van der Waals surface area (Å²) in [5.74, 6) is -1.17. The van der Waals surface area contributed by atoms with E-state index >= 15 is 0 Å². The van der Waals surface area contributed by atoms with E-state index in [1.807, 2.05) is 0 Å². The molecule has 1 atom stereocenters. The van der Waals surface area contributed by atoms with Gasteiger partial charge in [-0.3, -0.25) is 14.9 Å². The fourth-order valence-electron chi connectivity index (χ4n) is 0.946. The quantitative estimate of drug-likeness (QED) is 0.546. The molecule has 1 unspecified atom stereocenters. The van der Waals surface area contributed by atoms with Crippen molar-refractivity contribution in [2.24, 2.45) is 5.73 Å². The van der Waals surface area contributed by atoms with Gasteiger partial charge < -0.3 is 10.8 Å². The monoisotopic (exact) mass is 196 g/mol. The average molecular weight is 196 g/mol. The summed E-state index contributed by atoms with van der Waals surface area (Å²) in [5.41, 5.74) is 5.54. The highest BCUT2D eigenvalue weighted by atomic mass is 16.6. The number of hydrogen-bond acceptors (Lipinski definition) is 4. The molecule has 0 saturated heterocycles. The Bertz CT molecular complexity index is 360. The van der Waals surface area contributed by atoms with Crippen LogP contribution >= 0.6 is 0 Å². The van der Waals surface area contributed by atoms with Crippen molar-refractivity contribution in [3.8, 4) is 0 Å². The third-order valence-electron chi connectivity index (χ3n) is 1.73. The number of nitro groups is 1. The minimum atomic E-state index is -1.17. The van der Waals surface area contributed by atoms with Crippen LogP contribution in [0, 0.1) is 10.1 Å². The van der Waals surface area contributed by atoms with Crippen LogP contribution in [0.5, 0.6) is 0 Å². The molecule has 0 aliphatic carbocycles. The molecule has 0 aliphatic rings. The summed E-state index contributed by atoms with van der Waals surface area (Å²) < 4.78 is 0. The molecule has 0 amide bonds. The van der Waals surface area contributed by atoms with Crippen LogP contribution in [0.25, 0.3) is 0 Å². The second-order valence-corrected chi connectivity index (χ2v) is 2.66. The summed E-state index contributed by atoms with van der Waals surface area (Å²) in [6.45, 7) is 0. The molecule has 1 aromatic rings. The third kappa shape index (κ3) is 2.05. The molecule has 6 nitrogen and oxygen atoms in total. The number of non-ortho nitro benzene ring substituents is 1. The number of carboxylic acids is 1.